The summed E-state index contributed by atoms with van der Waals surface area (Å²) in [5.74, 6) is -1.40. The first-order chi connectivity index (χ1) is 12.2. The third-order valence-electron chi connectivity index (χ3n) is 3.71. The summed E-state index contributed by atoms with van der Waals surface area (Å²) < 4.78 is 41.2. The predicted molar refractivity (Wildman–Crippen MR) is 90.9 cm³/mol. The molecule has 0 aliphatic heterocycles. The van der Waals surface area contributed by atoms with E-state index in [1.807, 2.05) is 0 Å². The molecule has 3 aromatic rings. The summed E-state index contributed by atoms with van der Waals surface area (Å²) in [6, 6.07) is 12.0. The predicted octanol–water partition coefficient (Wildman–Crippen LogP) is 3.78. The van der Waals surface area contributed by atoms with Gasteiger partial charge in [0.05, 0.1) is 22.3 Å². The number of anilines is 1. The molecule has 0 aliphatic rings. The number of rotatable bonds is 4. The Kier molecular flexibility index (Phi) is 4.59. The highest BCUT2D eigenvalue weighted by Crippen LogP contribution is 2.44. The highest BCUT2D eigenvalue weighted by Gasteiger charge is 2.58. The molecule has 3 N–H and O–H groups in total. The van der Waals surface area contributed by atoms with Gasteiger partial charge in [0.1, 0.15) is 10.8 Å². The molecule has 136 valence electrons. The van der Waals surface area contributed by atoms with Crippen molar-refractivity contribution in [3.63, 3.8) is 0 Å². The summed E-state index contributed by atoms with van der Waals surface area (Å²) in [6.45, 7) is 0. The number of aliphatic hydroxyl groups is 1. The number of halogens is 3. The summed E-state index contributed by atoms with van der Waals surface area (Å²) in [5.41, 5.74) is -3.19. The zero-order chi connectivity index (χ0) is 18.9. The Labute approximate surface area is 149 Å². The first kappa shape index (κ1) is 18.2. The Bertz CT molecular complexity index is 925. The summed E-state index contributed by atoms with van der Waals surface area (Å²) in [4.78, 5) is 16.0. The van der Waals surface area contributed by atoms with Gasteiger partial charge in [-0.25, -0.2) is 4.98 Å². The van der Waals surface area contributed by atoms with Crippen LogP contribution in [0.25, 0.3) is 10.2 Å². The Hall–Kier alpha value is -2.65. The number of aromatic nitrogens is 1. The number of hydrogen-bond acceptors (Lipinski definition) is 5. The van der Waals surface area contributed by atoms with Gasteiger partial charge in [-0.3, -0.25) is 4.79 Å². The molecule has 1 heterocycles. The molecule has 1 amide bonds. The monoisotopic (exact) mass is 382 g/mol. The van der Waals surface area contributed by atoms with E-state index in [0.717, 1.165) is 0 Å². The van der Waals surface area contributed by atoms with Crippen LogP contribution in [0.4, 0.5) is 18.9 Å². The number of phenolic OH excluding ortho intramolecular Hbond substituents is 1. The van der Waals surface area contributed by atoms with Crippen LogP contribution in [0.5, 0.6) is 5.75 Å². The third kappa shape index (κ3) is 3.35. The second-order valence-electron chi connectivity index (χ2n) is 5.59. The van der Waals surface area contributed by atoms with E-state index < -0.39 is 29.1 Å². The highest BCUT2D eigenvalue weighted by atomic mass is 32.1. The van der Waals surface area contributed by atoms with Crippen LogP contribution in [0, 0.1) is 0 Å². The minimum Gasteiger partial charge on any atom is -0.506 e. The van der Waals surface area contributed by atoms with E-state index in [-0.39, 0.29) is 11.4 Å². The quantitative estimate of drug-likeness (QED) is 0.600. The average Bonchev–Trinajstić information content (AvgIpc) is 3.00. The SMILES string of the molecule is O=C(C[C@](O)(c1nc2ccccc2s1)C(F)(F)F)Nc1ccccc1O. The van der Waals surface area contributed by atoms with Crippen molar-refractivity contribution in [3.05, 3.63) is 53.5 Å². The molecule has 0 bridgehead atoms. The second kappa shape index (κ2) is 6.58. The smallest absolute Gasteiger partial charge is 0.424 e. The van der Waals surface area contributed by atoms with Gasteiger partial charge in [-0.05, 0) is 24.3 Å². The number of benzene rings is 2. The molecule has 0 saturated heterocycles. The Morgan fingerprint density at radius 2 is 1.77 bits per heavy atom. The third-order valence-corrected chi connectivity index (χ3v) is 4.90. The highest BCUT2D eigenvalue weighted by molar-refractivity contribution is 7.18. The average molecular weight is 382 g/mol. The van der Waals surface area contributed by atoms with Crippen molar-refractivity contribution >= 4 is 33.1 Å². The number of para-hydroxylation sites is 3. The lowest BCUT2D eigenvalue weighted by atomic mass is 9.99. The van der Waals surface area contributed by atoms with Crippen molar-refractivity contribution in [2.24, 2.45) is 0 Å². The van der Waals surface area contributed by atoms with Gasteiger partial charge < -0.3 is 15.5 Å². The van der Waals surface area contributed by atoms with Gasteiger partial charge in [-0.1, -0.05) is 24.3 Å². The number of carbonyl (C=O) groups is 1. The van der Waals surface area contributed by atoms with Gasteiger partial charge in [0.15, 0.2) is 0 Å². The van der Waals surface area contributed by atoms with Crippen molar-refractivity contribution in [1.29, 1.82) is 0 Å². The molecule has 5 nitrogen and oxygen atoms in total. The number of hydrogen-bond donors (Lipinski definition) is 3. The van der Waals surface area contributed by atoms with Crippen molar-refractivity contribution < 1.29 is 28.2 Å². The first-order valence-corrected chi connectivity index (χ1v) is 8.25. The summed E-state index contributed by atoms with van der Waals surface area (Å²) >= 11 is 0.672. The zero-order valence-electron chi connectivity index (χ0n) is 13.1. The first-order valence-electron chi connectivity index (χ1n) is 7.44. The number of fused-ring (bicyclic) bond motifs is 1. The summed E-state index contributed by atoms with van der Waals surface area (Å²) in [6.07, 6.45) is -6.40. The van der Waals surface area contributed by atoms with Crippen molar-refractivity contribution in [2.75, 3.05) is 5.32 Å². The fourth-order valence-corrected chi connectivity index (χ4v) is 3.43. The van der Waals surface area contributed by atoms with E-state index in [0.29, 0.717) is 21.6 Å². The standard InChI is InChI=1S/C17H13F3N2O3S/c18-17(19,20)16(25,15-22-11-6-2-4-8-13(11)26-15)9-14(24)21-10-5-1-3-7-12(10)23/h1-8,23,25H,9H2,(H,21,24)/t16-/m0/s1. The molecule has 1 atom stereocenters. The van der Waals surface area contributed by atoms with Gasteiger partial charge in [0, 0.05) is 0 Å². The van der Waals surface area contributed by atoms with Crippen LogP contribution in [0.3, 0.4) is 0 Å². The van der Waals surface area contributed by atoms with Crippen LogP contribution in [-0.2, 0) is 10.4 Å². The number of amides is 1. The Morgan fingerprint density at radius 1 is 1.12 bits per heavy atom. The number of nitrogens with one attached hydrogen (secondary N) is 1. The van der Waals surface area contributed by atoms with E-state index in [1.165, 1.54) is 30.3 Å². The van der Waals surface area contributed by atoms with Gasteiger partial charge >= 0.3 is 6.18 Å². The van der Waals surface area contributed by atoms with E-state index in [2.05, 4.69) is 10.3 Å². The summed E-state index contributed by atoms with van der Waals surface area (Å²) in [5, 5.41) is 21.5. The molecule has 0 radical (unpaired) electrons. The molecule has 1 aromatic heterocycles. The molecular weight excluding hydrogens is 369 g/mol. The second-order valence-corrected chi connectivity index (χ2v) is 6.62. The molecule has 0 unspecified atom stereocenters. The van der Waals surface area contributed by atoms with Crippen LogP contribution < -0.4 is 5.32 Å². The summed E-state index contributed by atoms with van der Waals surface area (Å²) in [7, 11) is 0. The number of carbonyl (C=O) groups excluding carboxylic acids is 1. The van der Waals surface area contributed by atoms with Crippen LogP contribution >= 0.6 is 11.3 Å². The van der Waals surface area contributed by atoms with Gasteiger partial charge in [0.2, 0.25) is 11.5 Å². The molecule has 0 saturated carbocycles. The van der Waals surface area contributed by atoms with Crippen LogP contribution in [0.1, 0.15) is 11.4 Å². The van der Waals surface area contributed by atoms with Crippen molar-refractivity contribution in [3.8, 4) is 5.75 Å². The number of aromatic hydroxyl groups is 1. The van der Waals surface area contributed by atoms with Crippen molar-refractivity contribution in [2.45, 2.75) is 18.2 Å². The van der Waals surface area contributed by atoms with Crippen LogP contribution in [-0.4, -0.2) is 27.3 Å². The molecule has 3 rings (SSSR count). The van der Waals surface area contributed by atoms with E-state index >= 15 is 0 Å². The minimum atomic E-state index is -5.11. The fraction of sp³-hybridized carbons (Fsp3) is 0.176. The lowest BCUT2D eigenvalue weighted by molar-refractivity contribution is -0.266. The molecular formula is C17H13F3N2O3S. The zero-order valence-corrected chi connectivity index (χ0v) is 13.9. The molecule has 0 spiro atoms. The van der Waals surface area contributed by atoms with Crippen LogP contribution in [0.2, 0.25) is 0 Å². The minimum absolute atomic E-state index is 0.0497. The molecule has 0 fully saturated rings. The maximum absolute atomic E-state index is 13.6. The largest absolute Gasteiger partial charge is 0.506 e. The molecule has 0 aliphatic carbocycles. The van der Waals surface area contributed by atoms with E-state index in [1.54, 1.807) is 18.2 Å². The van der Waals surface area contributed by atoms with Gasteiger partial charge in [-0.2, -0.15) is 13.2 Å². The lowest BCUT2D eigenvalue weighted by Crippen LogP contribution is -2.45. The molecule has 26 heavy (non-hydrogen) atoms. The Balaban J connectivity index is 1.93. The normalized spacial score (nSPS) is 14.2. The van der Waals surface area contributed by atoms with Crippen LogP contribution in [0.15, 0.2) is 48.5 Å². The van der Waals surface area contributed by atoms with Gasteiger partial charge in [-0.15, -0.1) is 11.3 Å². The molecule has 2 aromatic carbocycles. The number of nitrogens with zero attached hydrogens (tertiary/aromatic N) is 1. The molecule has 9 heteroatoms. The lowest BCUT2D eigenvalue weighted by Gasteiger charge is -2.27. The number of thiazole rings is 1. The maximum Gasteiger partial charge on any atom is 0.424 e. The van der Waals surface area contributed by atoms with E-state index in [9.17, 15) is 28.2 Å². The number of alkyl halides is 3. The van der Waals surface area contributed by atoms with Crippen molar-refractivity contribution in [1.82, 2.24) is 4.98 Å². The maximum atomic E-state index is 13.6. The Morgan fingerprint density at radius 3 is 2.42 bits per heavy atom. The van der Waals surface area contributed by atoms with Gasteiger partial charge in [0.25, 0.3) is 0 Å². The fourth-order valence-electron chi connectivity index (χ4n) is 2.35. The van der Waals surface area contributed by atoms with E-state index in [4.69, 9.17) is 0 Å². The number of phenols is 1. The topological polar surface area (TPSA) is 82.5 Å².